The van der Waals surface area contributed by atoms with E-state index in [1.807, 2.05) is 6.92 Å². The van der Waals surface area contributed by atoms with Crippen LogP contribution in [0.15, 0.2) is 28.7 Å². The summed E-state index contributed by atoms with van der Waals surface area (Å²) >= 11 is 3.26. The molecule has 0 bridgehead atoms. The summed E-state index contributed by atoms with van der Waals surface area (Å²) in [4.78, 5) is 35.2. The zero-order valence-electron chi connectivity index (χ0n) is 13.8. The molecular weight excluding hydrogens is 376 g/mol. The zero-order valence-corrected chi connectivity index (χ0v) is 15.4. The van der Waals surface area contributed by atoms with Gasteiger partial charge in [-0.3, -0.25) is 25.2 Å². The number of rotatable bonds is 8. The van der Waals surface area contributed by atoms with E-state index in [1.165, 1.54) is 0 Å². The van der Waals surface area contributed by atoms with Gasteiger partial charge in [-0.05, 0) is 40.4 Å². The smallest absolute Gasteiger partial charge is 0.306 e. The molecule has 0 heterocycles. The molecule has 0 saturated heterocycles. The summed E-state index contributed by atoms with van der Waals surface area (Å²) in [5, 5.41) is 9.27. The largest absolute Gasteiger partial charge is 0.481 e. The molecule has 132 valence electrons. The number of hydrazine groups is 1. The predicted molar refractivity (Wildman–Crippen MR) is 94.2 cm³/mol. The van der Waals surface area contributed by atoms with Gasteiger partial charge in [0.15, 0.2) is 0 Å². The molecule has 0 aliphatic rings. The van der Waals surface area contributed by atoms with Gasteiger partial charge in [0.1, 0.15) is 0 Å². The number of aliphatic carboxylic acids is 1. The van der Waals surface area contributed by atoms with Crippen LogP contribution in [-0.4, -0.2) is 22.9 Å². The highest BCUT2D eigenvalue weighted by Gasteiger charge is 2.26. The molecule has 6 nitrogen and oxygen atoms in total. The first kappa shape index (κ1) is 20.2. The minimum absolute atomic E-state index is 0.0386. The van der Waals surface area contributed by atoms with Gasteiger partial charge >= 0.3 is 5.97 Å². The van der Waals surface area contributed by atoms with Crippen LogP contribution in [0.4, 0.5) is 0 Å². The molecule has 1 rings (SSSR count). The Hall–Kier alpha value is -1.89. The molecule has 0 radical (unpaired) electrons. The predicted octanol–water partition coefficient (Wildman–Crippen LogP) is 3.13. The van der Waals surface area contributed by atoms with Gasteiger partial charge in [0.2, 0.25) is 5.91 Å². The number of carboxylic acids is 1. The number of benzene rings is 1. The lowest BCUT2D eigenvalue weighted by Gasteiger charge is -2.19. The van der Waals surface area contributed by atoms with Crippen molar-refractivity contribution in [1.29, 1.82) is 0 Å². The minimum atomic E-state index is -0.888. The first-order valence-corrected chi connectivity index (χ1v) is 8.72. The number of unbranched alkanes of at least 4 members (excludes halogenated alkanes) is 1. The second kappa shape index (κ2) is 10.1. The van der Waals surface area contributed by atoms with Crippen molar-refractivity contribution < 1.29 is 19.5 Å². The molecule has 24 heavy (non-hydrogen) atoms. The fourth-order valence-corrected chi connectivity index (χ4v) is 2.87. The lowest BCUT2D eigenvalue weighted by Crippen LogP contribution is -2.42. The van der Waals surface area contributed by atoms with Crippen molar-refractivity contribution >= 4 is 33.7 Å². The third kappa shape index (κ3) is 6.31. The summed E-state index contributed by atoms with van der Waals surface area (Å²) in [6, 6.07) is 6.85. The lowest BCUT2D eigenvalue weighted by atomic mass is 9.87. The summed E-state index contributed by atoms with van der Waals surface area (Å²) in [7, 11) is 0. The van der Waals surface area contributed by atoms with Crippen molar-refractivity contribution in [2.45, 2.75) is 39.5 Å². The lowest BCUT2D eigenvalue weighted by molar-refractivity contribution is -0.144. The van der Waals surface area contributed by atoms with Gasteiger partial charge in [-0.2, -0.15) is 0 Å². The van der Waals surface area contributed by atoms with E-state index in [9.17, 15) is 19.5 Å². The summed E-state index contributed by atoms with van der Waals surface area (Å²) in [6.45, 7) is 3.73. The van der Waals surface area contributed by atoms with Crippen LogP contribution in [0.5, 0.6) is 0 Å². The number of halogens is 1. The molecule has 0 aliphatic heterocycles. The van der Waals surface area contributed by atoms with Gasteiger partial charge in [0, 0.05) is 10.9 Å². The van der Waals surface area contributed by atoms with E-state index in [0.29, 0.717) is 16.5 Å². The third-order valence-corrected chi connectivity index (χ3v) is 4.51. The fourth-order valence-electron chi connectivity index (χ4n) is 2.40. The van der Waals surface area contributed by atoms with Crippen molar-refractivity contribution in [1.82, 2.24) is 10.9 Å². The molecule has 0 saturated carbocycles. The molecule has 1 aromatic carbocycles. The number of carbonyl (C=O) groups excluding carboxylic acids is 2. The fraction of sp³-hybridized carbons (Fsp3) is 0.471. The Bertz CT molecular complexity index is 592. The summed E-state index contributed by atoms with van der Waals surface area (Å²) in [5.41, 5.74) is 5.08. The van der Waals surface area contributed by atoms with Gasteiger partial charge < -0.3 is 5.11 Å². The highest BCUT2D eigenvalue weighted by molar-refractivity contribution is 9.10. The van der Waals surface area contributed by atoms with E-state index >= 15 is 0 Å². The highest BCUT2D eigenvalue weighted by Crippen LogP contribution is 2.22. The molecule has 0 aromatic heterocycles. The molecule has 7 heteroatoms. The van der Waals surface area contributed by atoms with Crippen molar-refractivity contribution in [3.05, 3.63) is 34.3 Å². The first-order chi connectivity index (χ1) is 11.4. The summed E-state index contributed by atoms with van der Waals surface area (Å²) in [5.74, 6) is -2.61. The molecule has 0 fully saturated rings. The molecular formula is C17H23BrN2O4. The molecule has 3 N–H and O–H groups in total. The summed E-state index contributed by atoms with van der Waals surface area (Å²) < 4.78 is 0.621. The second-order valence-electron chi connectivity index (χ2n) is 5.75. The molecule has 2 atom stereocenters. The Balaban J connectivity index is 2.51. The number of carbonyl (C=O) groups is 3. The van der Waals surface area contributed by atoms with Crippen LogP contribution in [0, 0.1) is 11.8 Å². The third-order valence-electron chi connectivity index (χ3n) is 3.81. The van der Waals surface area contributed by atoms with Gasteiger partial charge in [-0.15, -0.1) is 0 Å². The molecule has 0 spiro atoms. The van der Waals surface area contributed by atoms with Crippen LogP contribution in [0.2, 0.25) is 0 Å². The van der Waals surface area contributed by atoms with E-state index in [2.05, 4.69) is 26.8 Å². The average molecular weight is 399 g/mol. The number of carboxylic acid groups (broad SMARTS) is 1. The molecule has 1 aromatic rings. The van der Waals surface area contributed by atoms with E-state index in [-0.39, 0.29) is 12.3 Å². The second-order valence-corrected chi connectivity index (χ2v) is 6.60. The van der Waals surface area contributed by atoms with E-state index < -0.39 is 23.7 Å². The Morgan fingerprint density at radius 3 is 2.46 bits per heavy atom. The Morgan fingerprint density at radius 1 is 1.21 bits per heavy atom. The van der Waals surface area contributed by atoms with E-state index in [1.54, 1.807) is 31.2 Å². The SMILES string of the molecule is CCCC[C@@H](C(=O)O)[C@H](C)CC(=O)NNC(=O)c1ccccc1Br. The maximum atomic E-state index is 12.0. The van der Waals surface area contributed by atoms with Crippen molar-refractivity contribution in [3.63, 3.8) is 0 Å². The van der Waals surface area contributed by atoms with Gasteiger partial charge in [0.05, 0.1) is 11.5 Å². The average Bonchev–Trinajstić information content (AvgIpc) is 2.53. The van der Waals surface area contributed by atoms with Crippen LogP contribution >= 0.6 is 15.9 Å². The van der Waals surface area contributed by atoms with Crippen LogP contribution in [-0.2, 0) is 9.59 Å². The first-order valence-electron chi connectivity index (χ1n) is 7.93. The standard InChI is InChI=1S/C17H23BrN2O4/c1-3-4-7-12(17(23)24)11(2)10-15(21)19-20-16(22)13-8-5-6-9-14(13)18/h5-6,8-9,11-12H,3-4,7,10H2,1-2H3,(H,19,21)(H,20,22)(H,23,24)/t11-,12-/m1/s1. The van der Waals surface area contributed by atoms with Crippen LogP contribution in [0.3, 0.4) is 0 Å². The van der Waals surface area contributed by atoms with Crippen molar-refractivity contribution in [2.24, 2.45) is 11.8 Å². The quantitative estimate of drug-likeness (QED) is 0.586. The Labute approximate surface area is 150 Å². The molecule has 0 unspecified atom stereocenters. The summed E-state index contributed by atoms with van der Waals surface area (Å²) in [6.07, 6.45) is 2.30. The zero-order chi connectivity index (χ0) is 18.1. The van der Waals surface area contributed by atoms with Gasteiger partial charge in [0.25, 0.3) is 5.91 Å². The van der Waals surface area contributed by atoms with Gasteiger partial charge in [-0.25, -0.2) is 0 Å². The highest BCUT2D eigenvalue weighted by atomic mass is 79.9. The maximum Gasteiger partial charge on any atom is 0.306 e. The number of amides is 2. The Kier molecular flexibility index (Phi) is 8.46. The number of hydrogen-bond donors (Lipinski definition) is 3. The van der Waals surface area contributed by atoms with Gasteiger partial charge in [-0.1, -0.05) is 38.8 Å². The minimum Gasteiger partial charge on any atom is -0.481 e. The van der Waals surface area contributed by atoms with Crippen LogP contribution in [0.1, 0.15) is 49.9 Å². The van der Waals surface area contributed by atoms with E-state index in [0.717, 1.165) is 12.8 Å². The van der Waals surface area contributed by atoms with Crippen molar-refractivity contribution in [2.75, 3.05) is 0 Å². The molecule has 0 aliphatic carbocycles. The number of hydrogen-bond acceptors (Lipinski definition) is 3. The van der Waals surface area contributed by atoms with Crippen LogP contribution < -0.4 is 10.9 Å². The normalized spacial score (nSPS) is 13.0. The van der Waals surface area contributed by atoms with E-state index in [4.69, 9.17) is 0 Å². The monoisotopic (exact) mass is 398 g/mol. The topological polar surface area (TPSA) is 95.5 Å². The maximum absolute atomic E-state index is 12.0. The molecule has 2 amide bonds. The van der Waals surface area contributed by atoms with Crippen molar-refractivity contribution in [3.8, 4) is 0 Å². The Morgan fingerprint density at radius 2 is 1.88 bits per heavy atom. The number of nitrogens with one attached hydrogen (secondary N) is 2. The van der Waals surface area contributed by atoms with Crippen LogP contribution in [0.25, 0.3) is 0 Å².